The van der Waals surface area contributed by atoms with Crippen LogP contribution in [0, 0.1) is 0 Å². The smallest absolute Gasteiger partial charge is 0.253 e. The Morgan fingerprint density at radius 3 is 2.27 bits per heavy atom. The fourth-order valence-corrected chi connectivity index (χ4v) is 4.93. The van der Waals surface area contributed by atoms with Gasteiger partial charge in [-0.1, -0.05) is 18.6 Å². The van der Waals surface area contributed by atoms with Crippen LogP contribution < -0.4 is 5.32 Å². The Hall–Kier alpha value is -1.39. The molecule has 1 aromatic carbocycles. The molecule has 0 aromatic heterocycles. The normalized spacial score (nSPS) is 26.0. The van der Waals surface area contributed by atoms with Crippen molar-refractivity contribution in [1.82, 2.24) is 15.1 Å². The average Bonchev–Trinajstić information content (AvgIpc) is 2.75. The Bertz CT molecular complexity index is 580. The second-order valence-electron chi connectivity index (χ2n) is 8.29. The minimum atomic E-state index is 0.218. The molecule has 4 heteroatoms. The van der Waals surface area contributed by atoms with Crippen molar-refractivity contribution >= 4 is 5.91 Å². The Balaban J connectivity index is 1.31. The molecule has 0 radical (unpaired) electrons. The molecule has 4 nitrogen and oxygen atoms in total. The van der Waals surface area contributed by atoms with Gasteiger partial charge in [0, 0.05) is 31.2 Å². The molecule has 3 aliphatic rings. The van der Waals surface area contributed by atoms with Crippen LogP contribution in [-0.2, 0) is 0 Å². The number of likely N-dealkylation sites (tertiary alicyclic amines) is 2. The SMILES string of the molecule is O=C(c1ccc(C2CCCNC2)cc1)N1CCC(N2CCCCC2)CC1. The Morgan fingerprint density at radius 1 is 0.885 bits per heavy atom. The molecule has 3 heterocycles. The van der Waals surface area contributed by atoms with Crippen LogP contribution in [0.1, 0.15) is 66.8 Å². The first-order valence-corrected chi connectivity index (χ1v) is 10.7. The van der Waals surface area contributed by atoms with E-state index in [-0.39, 0.29) is 5.91 Å². The van der Waals surface area contributed by atoms with Crippen LogP contribution >= 0.6 is 0 Å². The second kappa shape index (κ2) is 8.53. The van der Waals surface area contributed by atoms with E-state index in [9.17, 15) is 4.79 Å². The minimum absolute atomic E-state index is 0.218. The number of piperidine rings is 3. The molecule has 1 unspecified atom stereocenters. The van der Waals surface area contributed by atoms with Gasteiger partial charge >= 0.3 is 0 Å². The van der Waals surface area contributed by atoms with Gasteiger partial charge in [-0.05, 0) is 81.8 Å². The third-order valence-electron chi connectivity index (χ3n) is 6.58. The van der Waals surface area contributed by atoms with E-state index in [0.29, 0.717) is 12.0 Å². The zero-order valence-electron chi connectivity index (χ0n) is 16.0. The summed E-state index contributed by atoms with van der Waals surface area (Å²) < 4.78 is 0. The van der Waals surface area contributed by atoms with Gasteiger partial charge in [0.15, 0.2) is 0 Å². The molecule has 1 N–H and O–H groups in total. The topological polar surface area (TPSA) is 35.6 Å². The summed E-state index contributed by atoms with van der Waals surface area (Å²) in [5, 5.41) is 3.47. The number of benzene rings is 1. The van der Waals surface area contributed by atoms with Crippen LogP contribution in [-0.4, -0.2) is 61.0 Å². The average molecular weight is 356 g/mol. The molecule has 0 bridgehead atoms. The highest BCUT2D eigenvalue weighted by Crippen LogP contribution is 2.25. The van der Waals surface area contributed by atoms with E-state index >= 15 is 0 Å². The maximum atomic E-state index is 12.9. The monoisotopic (exact) mass is 355 g/mol. The first-order valence-electron chi connectivity index (χ1n) is 10.7. The fraction of sp³-hybridized carbons (Fsp3) is 0.682. The molecule has 1 atom stereocenters. The van der Waals surface area contributed by atoms with Crippen LogP contribution in [0.4, 0.5) is 0 Å². The van der Waals surface area contributed by atoms with Crippen molar-refractivity contribution in [2.24, 2.45) is 0 Å². The van der Waals surface area contributed by atoms with Crippen LogP contribution in [0.5, 0.6) is 0 Å². The van der Waals surface area contributed by atoms with E-state index in [1.807, 2.05) is 12.1 Å². The van der Waals surface area contributed by atoms with Crippen LogP contribution in [0.2, 0.25) is 0 Å². The van der Waals surface area contributed by atoms with Crippen molar-refractivity contribution < 1.29 is 4.79 Å². The minimum Gasteiger partial charge on any atom is -0.339 e. The zero-order valence-corrected chi connectivity index (χ0v) is 16.0. The maximum absolute atomic E-state index is 12.9. The molecule has 3 saturated heterocycles. The molecule has 0 aliphatic carbocycles. The fourth-order valence-electron chi connectivity index (χ4n) is 4.93. The molecule has 142 valence electrons. The van der Waals surface area contributed by atoms with Gasteiger partial charge in [0.2, 0.25) is 0 Å². The number of amides is 1. The lowest BCUT2D eigenvalue weighted by molar-refractivity contribution is 0.0590. The van der Waals surface area contributed by atoms with Gasteiger partial charge < -0.3 is 15.1 Å². The lowest BCUT2D eigenvalue weighted by Crippen LogP contribution is -2.48. The van der Waals surface area contributed by atoms with Crippen molar-refractivity contribution in [3.05, 3.63) is 35.4 Å². The van der Waals surface area contributed by atoms with Crippen molar-refractivity contribution in [3.8, 4) is 0 Å². The molecule has 0 saturated carbocycles. The number of nitrogens with zero attached hydrogens (tertiary/aromatic N) is 2. The summed E-state index contributed by atoms with van der Waals surface area (Å²) in [5.74, 6) is 0.823. The van der Waals surface area contributed by atoms with E-state index in [1.54, 1.807) is 0 Å². The quantitative estimate of drug-likeness (QED) is 0.904. The highest BCUT2D eigenvalue weighted by atomic mass is 16.2. The largest absolute Gasteiger partial charge is 0.339 e. The van der Waals surface area contributed by atoms with Gasteiger partial charge in [0.1, 0.15) is 0 Å². The molecule has 1 amide bonds. The van der Waals surface area contributed by atoms with Gasteiger partial charge in [0.05, 0.1) is 0 Å². The van der Waals surface area contributed by atoms with E-state index in [1.165, 1.54) is 50.8 Å². The number of hydrogen-bond donors (Lipinski definition) is 1. The third kappa shape index (κ3) is 4.12. The molecule has 3 aliphatic heterocycles. The first kappa shape index (κ1) is 18.0. The number of hydrogen-bond acceptors (Lipinski definition) is 3. The van der Waals surface area contributed by atoms with Gasteiger partial charge in [-0.25, -0.2) is 0 Å². The second-order valence-corrected chi connectivity index (χ2v) is 8.29. The van der Waals surface area contributed by atoms with E-state index in [2.05, 4.69) is 27.2 Å². The lowest BCUT2D eigenvalue weighted by Gasteiger charge is -2.40. The van der Waals surface area contributed by atoms with Crippen LogP contribution in [0.3, 0.4) is 0 Å². The lowest BCUT2D eigenvalue weighted by atomic mass is 9.91. The maximum Gasteiger partial charge on any atom is 0.253 e. The molecule has 0 spiro atoms. The summed E-state index contributed by atoms with van der Waals surface area (Å²) in [5.41, 5.74) is 2.23. The van der Waals surface area contributed by atoms with Gasteiger partial charge in [-0.2, -0.15) is 0 Å². The molecular formula is C22H33N3O. The van der Waals surface area contributed by atoms with E-state index in [0.717, 1.165) is 44.6 Å². The molecular weight excluding hydrogens is 322 g/mol. The predicted octanol–water partition coefficient (Wildman–Crippen LogP) is 3.24. The number of rotatable bonds is 3. The molecule has 4 rings (SSSR count). The third-order valence-corrected chi connectivity index (χ3v) is 6.58. The van der Waals surface area contributed by atoms with Crippen molar-refractivity contribution in [3.63, 3.8) is 0 Å². The summed E-state index contributed by atoms with van der Waals surface area (Å²) in [6.45, 7) is 6.55. The Morgan fingerprint density at radius 2 is 1.62 bits per heavy atom. The van der Waals surface area contributed by atoms with Gasteiger partial charge in [-0.15, -0.1) is 0 Å². The summed E-state index contributed by atoms with van der Waals surface area (Å²) in [6, 6.07) is 9.13. The van der Waals surface area contributed by atoms with Gasteiger partial charge in [0.25, 0.3) is 5.91 Å². The van der Waals surface area contributed by atoms with Crippen LogP contribution in [0.15, 0.2) is 24.3 Å². The molecule has 3 fully saturated rings. The van der Waals surface area contributed by atoms with Crippen molar-refractivity contribution in [1.29, 1.82) is 0 Å². The Labute approximate surface area is 157 Å². The number of carbonyl (C=O) groups is 1. The van der Waals surface area contributed by atoms with Crippen LogP contribution in [0.25, 0.3) is 0 Å². The Kier molecular flexibility index (Phi) is 5.91. The predicted molar refractivity (Wildman–Crippen MR) is 106 cm³/mol. The first-order chi connectivity index (χ1) is 12.8. The number of nitrogens with one attached hydrogen (secondary N) is 1. The summed E-state index contributed by atoms with van der Waals surface area (Å²) in [4.78, 5) is 17.6. The highest BCUT2D eigenvalue weighted by molar-refractivity contribution is 5.94. The zero-order chi connectivity index (χ0) is 17.8. The van der Waals surface area contributed by atoms with Crippen molar-refractivity contribution in [2.45, 2.75) is 56.9 Å². The van der Waals surface area contributed by atoms with Gasteiger partial charge in [-0.3, -0.25) is 4.79 Å². The number of carbonyl (C=O) groups excluding carboxylic acids is 1. The van der Waals surface area contributed by atoms with E-state index < -0.39 is 0 Å². The summed E-state index contributed by atoms with van der Waals surface area (Å²) in [7, 11) is 0. The molecule has 1 aromatic rings. The molecule has 26 heavy (non-hydrogen) atoms. The standard InChI is InChI=1S/C22H33N3O/c26-22(19-8-6-18(7-9-19)20-5-4-12-23-17-20)25-15-10-21(11-16-25)24-13-2-1-3-14-24/h6-9,20-21,23H,1-5,10-17H2. The van der Waals surface area contributed by atoms with Crippen molar-refractivity contribution in [2.75, 3.05) is 39.3 Å². The highest BCUT2D eigenvalue weighted by Gasteiger charge is 2.28. The van der Waals surface area contributed by atoms with E-state index in [4.69, 9.17) is 0 Å². The summed E-state index contributed by atoms with van der Waals surface area (Å²) in [6.07, 6.45) is 8.86. The summed E-state index contributed by atoms with van der Waals surface area (Å²) >= 11 is 0.